The summed E-state index contributed by atoms with van der Waals surface area (Å²) >= 11 is 6.02. The summed E-state index contributed by atoms with van der Waals surface area (Å²) < 4.78 is 13.1. The van der Waals surface area contributed by atoms with Crippen molar-refractivity contribution in [3.8, 4) is 6.07 Å². The molecule has 1 fully saturated rings. The lowest BCUT2D eigenvalue weighted by Gasteiger charge is -2.36. The standard InChI is InChI=1S/C20H20ClFN4O/c1-14(20(27)24-17-5-2-15(13-23)19(21)12-17)25-8-10-26(11-9-25)18-6-3-16(22)4-7-18/h2-7,12,14H,8-11H2,1H3,(H,24,27)/p+1/t14-/m0/s1. The molecule has 1 aliphatic rings. The Labute approximate surface area is 162 Å². The number of hydrogen-bond donors (Lipinski definition) is 2. The van der Waals surface area contributed by atoms with Crippen LogP contribution >= 0.6 is 11.6 Å². The van der Waals surface area contributed by atoms with Crippen molar-refractivity contribution in [2.45, 2.75) is 13.0 Å². The normalized spacial score (nSPS) is 15.9. The minimum Gasteiger partial charge on any atom is -0.360 e. The van der Waals surface area contributed by atoms with Crippen LogP contribution in [-0.4, -0.2) is 38.1 Å². The van der Waals surface area contributed by atoms with Crippen LogP contribution in [0, 0.1) is 17.1 Å². The summed E-state index contributed by atoms with van der Waals surface area (Å²) in [6.07, 6.45) is 0. The van der Waals surface area contributed by atoms with E-state index >= 15 is 0 Å². The van der Waals surface area contributed by atoms with Crippen LogP contribution < -0.4 is 15.1 Å². The van der Waals surface area contributed by atoms with Crippen molar-refractivity contribution in [2.75, 3.05) is 36.4 Å². The number of nitriles is 1. The maximum atomic E-state index is 13.1. The van der Waals surface area contributed by atoms with Gasteiger partial charge in [-0.3, -0.25) is 4.79 Å². The number of anilines is 2. The molecular formula is C20H21ClFN4O+. The van der Waals surface area contributed by atoms with Gasteiger partial charge in [-0.25, -0.2) is 4.39 Å². The van der Waals surface area contributed by atoms with Gasteiger partial charge in [-0.2, -0.15) is 5.26 Å². The van der Waals surface area contributed by atoms with Crippen LogP contribution in [0.15, 0.2) is 42.5 Å². The number of carbonyl (C=O) groups is 1. The maximum absolute atomic E-state index is 13.1. The minimum atomic E-state index is -0.240. The first-order valence-corrected chi connectivity index (χ1v) is 9.21. The summed E-state index contributed by atoms with van der Waals surface area (Å²) in [6.45, 7) is 5.16. The number of carbonyl (C=O) groups excluding carboxylic acids is 1. The quantitative estimate of drug-likeness (QED) is 0.844. The molecule has 1 atom stereocenters. The van der Waals surface area contributed by atoms with Gasteiger partial charge >= 0.3 is 0 Å². The molecule has 1 amide bonds. The zero-order valence-electron chi connectivity index (χ0n) is 15.0. The number of hydrogen-bond acceptors (Lipinski definition) is 3. The summed E-state index contributed by atoms with van der Waals surface area (Å²) in [7, 11) is 0. The predicted octanol–water partition coefficient (Wildman–Crippen LogP) is 2.08. The first-order chi connectivity index (χ1) is 13.0. The third-order valence-corrected chi connectivity index (χ3v) is 5.27. The number of piperazine rings is 1. The number of quaternary nitrogens is 1. The topological polar surface area (TPSA) is 60.6 Å². The second-order valence-electron chi connectivity index (χ2n) is 6.64. The van der Waals surface area contributed by atoms with Gasteiger partial charge < -0.3 is 15.1 Å². The van der Waals surface area contributed by atoms with Gasteiger partial charge in [0, 0.05) is 11.4 Å². The summed E-state index contributed by atoms with van der Waals surface area (Å²) in [4.78, 5) is 16.0. The van der Waals surface area contributed by atoms with Crippen molar-refractivity contribution in [3.05, 3.63) is 58.9 Å². The fourth-order valence-electron chi connectivity index (χ4n) is 3.26. The van der Waals surface area contributed by atoms with Crippen molar-refractivity contribution in [3.63, 3.8) is 0 Å². The van der Waals surface area contributed by atoms with Crippen LogP contribution in [0.3, 0.4) is 0 Å². The molecule has 27 heavy (non-hydrogen) atoms. The zero-order valence-corrected chi connectivity index (χ0v) is 15.8. The highest BCUT2D eigenvalue weighted by Crippen LogP contribution is 2.20. The molecule has 0 aromatic heterocycles. The van der Waals surface area contributed by atoms with Crippen molar-refractivity contribution in [1.82, 2.24) is 0 Å². The minimum absolute atomic E-state index is 0.0824. The molecule has 140 valence electrons. The summed E-state index contributed by atoms with van der Waals surface area (Å²) in [5, 5.41) is 12.1. The van der Waals surface area contributed by atoms with Crippen LogP contribution in [0.2, 0.25) is 5.02 Å². The van der Waals surface area contributed by atoms with Crippen molar-refractivity contribution < 1.29 is 14.1 Å². The number of nitrogens with zero attached hydrogens (tertiary/aromatic N) is 2. The van der Waals surface area contributed by atoms with Gasteiger partial charge in [0.1, 0.15) is 11.9 Å². The number of rotatable bonds is 4. The van der Waals surface area contributed by atoms with E-state index in [0.717, 1.165) is 31.9 Å². The van der Waals surface area contributed by atoms with Gasteiger partial charge in [0.05, 0.1) is 36.8 Å². The van der Waals surface area contributed by atoms with E-state index in [-0.39, 0.29) is 17.8 Å². The lowest BCUT2D eigenvalue weighted by molar-refractivity contribution is -0.914. The highest BCUT2D eigenvalue weighted by Gasteiger charge is 2.29. The molecular weight excluding hydrogens is 367 g/mol. The van der Waals surface area contributed by atoms with Gasteiger partial charge in [0.25, 0.3) is 5.91 Å². The SMILES string of the molecule is C[C@@H](C(=O)Nc1ccc(C#N)c(Cl)c1)[NH+]1CCN(c2ccc(F)cc2)CC1. The van der Waals surface area contributed by atoms with Gasteiger partial charge in [0.15, 0.2) is 6.04 Å². The fraction of sp³-hybridized carbons (Fsp3) is 0.300. The average molecular weight is 388 g/mol. The van der Waals surface area contributed by atoms with E-state index in [2.05, 4.69) is 10.2 Å². The van der Waals surface area contributed by atoms with Gasteiger partial charge in [0.2, 0.25) is 0 Å². The van der Waals surface area contributed by atoms with Gasteiger partial charge in [-0.15, -0.1) is 0 Å². The lowest BCUT2D eigenvalue weighted by atomic mass is 10.1. The van der Waals surface area contributed by atoms with Crippen LogP contribution in [0.1, 0.15) is 12.5 Å². The molecule has 7 heteroatoms. The molecule has 3 rings (SSSR count). The smallest absolute Gasteiger partial charge is 0.282 e. The second kappa shape index (κ2) is 8.38. The van der Waals surface area contributed by atoms with E-state index in [1.165, 1.54) is 17.0 Å². The number of nitrogens with one attached hydrogen (secondary N) is 2. The summed E-state index contributed by atoms with van der Waals surface area (Å²) in [5.41, 5.74) is 1.96. The Hall–Kier alpha value is -2.62. The van der Waals surface area contributed by atoms with Crippen molar-refractivity contribution in [2.24, 2.45) is 0 Å². The van der Waals surface area contributed by atoms with E-state index in [9.17, 15) is 9.18 Å². The monoisotopic (exact) mass is 387 g/mol. The van der Waals surface area contributed by atoms with Crippen LogP contribution in [-0.2, 0) is 4.79 Å². The van der Waals surface area contributed by atoms with Gasteiger partial charge in [-0.05, 0) is 49.4 Å². The largest absolute Gasteiger partial charge is 0.360 e. The Bertz CT molecular complexity index is 857. The van der Waals surface area contributed by atoms with E-state index in [4.69, 9.17) is 16.9 Å². The molecule has 0 bridgehead atoms. The van der Waals surface area contributed by atoms with E-state index in [1.54, 1.807) is 30.3 Å². The Morgan fingerprint density at radius 2 is 1.93 bits per heavy atom. The first kappa shape index (κ1) is 19.2. The number of halogens is 2. The van der Waals surface area contributed by atoms with E-state index < -0.39 is 0 Å². The Morgan fingerprint density at radius 1 is 1.26 bits per heavy atom. The van der Waals surface area contributed by atoms with Crippen LogP contribution in [0.4, 0.5) is 15.8 Å². The van der Waals surface area contributed by atoms with Crippen molar-refractivity contribution >= 4 is 28.9 Å². The lowest BCUT2D eigenvalue weighted by Crippen LogP contribution is -3.19. The molecule has 2 aromatic carbocycles. The Balaban J connectivity index is 1.56. The second-order valence-corrected chi connectivity index (χ2v) is 7.05. The molecule has 0 unspecified atom stereocenters. The molecule has 5 nitrogen and oxygen atoms in total. The van der Waals surface area contributed by atoms with E-state index in [1.807, 2.05) is 13.0 Å². The highest BCUT2D eigenvalue weighted by molar-refractivity contribution is 6.32. The molecule has 2 aromatic rings. The molecule has 0 spiro atoms. The zero-order chi connectivity index (χ0) is 19.4. The summed E-state index contributed by atoms with van der Waals surface area (Å²) in [5.74, 6) is -0.322. The predicted molar refractivity (Wildman–Crippen MR) is 104 cm³/mol. The molecule has 2 N–H and O–H groups in total. The van der Waals surface area contributed by atoms with E-state index in [0.29, 0.717) is 16.3 Å². The first-order valence-electron chi connectivity index (χ1n) is 8.83. The number of benzene rings is 2. The average Bonchev–Trinajstić information content (AvgIpc) is 2.68. The third kappa shape index (κ3) is 4.57. The van der Waals surface area contributed by atoms with Gasteiger partial charge in [-0.1, -0.05) is 11.6 Å². The van der Waals surface area contributed by atoms with Crippen LogP contribution in [0.5, 0.6) is 0 Å². The molecule has 1 saturated heterocycles. The Morgan fingerprint density at radius 3 is 2.52 bits per heavy atom. The highest BCUT2D eigenvalue weighted by atomic mass is 35.5. The molecule has 0 saturated carbocycles. The number of amides is 1. The Kier molecular flexibility index (Phi) is 5.94. The maximum Gasteiger partial charge on any atom is 0.282 e. The van der Waals surface area contributed by atoms with Crippen molar-refractivity contribution in [1.29, 1.82) is 5.26 Å². The fourth-order valence-corrected chi connectivity index (χ4v) is 3.48. The third-order valence-electron chi connectivity index (χ3n) is 4.96. The molecule has 0 radical (unpaired) electrons. The van der Waals surface area contributed by atoms with Crippen LogP contribution in [0.25, 0.3) is 0 Å². The molecule has 1 aliphatic heterocycles. The molecule has 0 aliphatic carbocycles. The summed E-state index contributed by atoms with van der Waals surface area (Å²) in [6, 6.07) is 13.1. The molecule has 1 heterocycles.